The van der Waals surface area contributed by atoms with Crippen molar-refractivity contribution in [3.63, 3.8) is 0 Å². The zero-order valence-electron chi connectivity index (χ0n) is 12.6. The first-order valence-electron chi connectivity index (χ1n) is 7.70. The highest BCUT2D eigenvalue weighted by molar-refractivity contribution is 7.99. The van der Waals surface area contributed by atoms with E-state index < -0.39 is 0 Å². The third kappa shape index (κ3) is 2.48. The van der Waals surface area contributed by atoms with Gasteiger partial charge in [0.05, 0.1) is 16.1 Å². The molecule has 0 aliphatic carbocycles. The minimum Gasteiger partial charge on any atom is -0.346 e. The summed E-state index contributed by atoms with van der Waals surface area (Å²) < 4.78 is 1.23. The Morgan fingerprint density at radius 1 is 1.27 bits per heavy atom. The Labute approximate surface area is 138 Å². The van der Waals surface area contributed by atoms with Gasteiger partial charge in [0.15, 0.2) is 5.13 Å². The number of anilines is 1. The van der Waals surface area contributed by atoms with Gasteiger partial charge in [-0.25, -0.2) is 4.98 Å². The predicted octanol–water partition coefficient (Wildman–Crippen LogP) is 2.62. The Morgan fingerprint density at radius 2 is 2.05 bits per heavy atom. The third-order valence-corrected chi connectivity index (χ3v) is 6.46. The summed E-state index contributed by atoms with van der Waals surface area (Å²) in [6, 6.07) is 6.30. The average molecular weight is 333 g/mol. The van der Waals surface area contributed by atoms with Crippen LogP contribution in [0.25, 0.3) is 10.2 Å². The number of thioether (sulfide) groups is 1. The summed E-state index contributed by atoms with van der Waals surface area (Å²) in [4.78, 5) is 21.5. The number of rotatable bonds is 2. The van der Waals surface area contributed by atoms with Crippen LogP contribution in [-0.4, -0.2) is 53.5 Å². The number of aryl methyl sites for hydroxylation is 1. The normalized spacial score (nSPS) is 19.5. The van der Waals surface area contributed by atoms with Crippen LogP contribution in [0.4, 0.5) is 5.13 Å². The first-order chi connectivity index (χ1) is 10.7. The van der Waals surface area contributed by atoms with Crippen LogP contribution < -0.4 is 4.90 Å². The Bertz CT molecular complexity index is 702. The summed E-state index contributed by atoms with van der Waals surface area (Å²) in [5.41, 5.74) is 2.32. The number of nitrogens with zero attached hydrogens (tertiary/aromatic N) is 3. The second kappa shape index (κ2) is 5.74. The molecule has 1 aromatic heterocycles. The molecule has 0 unspecified atom stereocenters. The molecule has 0 bridgehead atoms. The van der Waals surface area contributed by atoms with E-state index in [0.29, 0.717) is 5.91 Å². The van der Waals surface area contributed by atoms with E-state index in [2.05, 4.69) is 30.0 Å². The lowest BCUT2D eigenvalue weighted by Crippen LogP contribution is -2.55. The van der Waals surface area contributed by atoms with E-state index in [1.807, 2.05) is 16.7 Å². The van der Waals surface area contributed by atoms with E-state index in [-0.39, 0.29) is 5.92 Å². The molecule has 2 aromatic rings. The zero-order chi connectivity index (χ0) is 15.1. The largest absolute Gasteiger partial charge is 0.346 e. The monoisotopic (exact) mass is 333 g/mol. The molecule has 0 N–H and O–H groups in total. The predicted molar refractivity (Wildman–Crippen MR) is 94.0 cm³/mol. The van der Waals surface area contributed by atoms with E-state index in [1.54, 1.807) is 11.3 Å². The maximum absolute atomic E-state index is 12.5. The van der Waals surface area contributed by atoms with Crippen molar-refractivity contribution >= 4 is 44.4 Å². The average Bonchev–Trinajstić information content (AvgIpc) is 2.91. The molecule has 22 heavy (non-hydrogen) atoms. The number of amides is 1. The van der Waals surface area contributed by atoms with Gasteiger partial charge in [-0.05, 0) is 18.6 Å². The molecule has 116 valence electrons. The second-order valence-corrected chi connectivity index (χ2v) is 8.19. The number of benzene rings is 1. The Hall–Kier alpha value is -1.27. The third-order valence-electron chi connectivity index (χ3n) is 4.43. The molecule has 0 atom stereocenters. The molecular weight excluding hydrogens is 314 g/mol. The van der Waals surface area contributed by atoms with Gasteiger partial charge >= 0.3 is 0 Å². The highest BCUT2D eigenvalue weighted by Crippen LogP contribution is 2.34. The van der Waals surface area contributed by atoms with Crippen LogP contribution in [-0.2, 0) is 4.79 Å². The highest BCUT2D eigenvalue weighted by atomic mass is 32.2. The zero-order valence-corrected chi connectivity index (χ0v) is 14.3. The number of fused-ring (bicyclic) bond motifs is 1. The Kier molecular flexibility index (Phi) is 3.74. The molecular formula is C16H19N3OS2. The van der Waals surface area contributed by atoms with Crippen LogP contribution in [0.15, 0.2) is 18.2 Å². The molecule has 0 saturated carbocycles. The van der Waals surface area contributed by atoms with Gasteiger partial charge in [-0.2, -0.15) is 11.8 Å². The van der Waals surface area contributed by atoms with E-state index in [0.717, 1.165) is 48.3 Å². The lowest BCUT2D eigenvalue weighted by atomic mass is 9.99. The van der Waals surface area contributed by atoms with Crippen LogP contribution in [0, 0.1) is 12.8 Å². The maximum atomic E-state index is 12.5. The molecule has 2 aliphatic rings. The van der Waals surface area contributed by atoms with Crippen molar-refractivity contribution in [2.24, 2.45) is 5.92 Å². The van der Waals surface area contributed by atoms with E-state index in [9.17, 15) is 4.79 Å². The summed E-state index contributed by atoms with van der Waals surface area (Å²) in [6.45, 7) is 5.58. The maximum Gasteiger partial charge on any atom is 0.229 e. The quantitative estimate of drug-likeness (QED) is 0.846. The molecule has 3 heterocycles. The van der Waals surface area contributed by atoms with Gasteiger partial charge in [0, 0.05) is 37.7 Å². The summed E-state index contributed by atoms with van der Waals surface area (Å²) in [6.07, 6.45) is 0. The summed E-state index contributed by atoms with van der Waals surface area (Å²) in [7, 11) is 0. The molecule has 4 rings (SSSR count). The van der Waals surface area contributed by atoms with E-state index in [1.165, 1.54) is 10.3 Å². The number of hydrogen-bond acceptors (Lipinski definition) is 5. The molecule has 1 aromatic carbocycles. The Balaban J connectivity index is 1.43. The number of thiazole rings is 1. The number of carbonyl (C=O) groups excluding carboxylic acids is 1. The fourth-order valence-corrected chi connectivity index (χ4v) is 5.01. The van der Waals surface area contributed by atoms with Crippen LogP contribution in [0.1, 0.15) is 5.56 Å². The SMILES string of the molecule is Cc1cccc2sc(N3CC(C(=O)N4CCSCC4)C3)nc12. The van der Waals surface area contributed by atoms with Crippen molar-refractivity contribution < 1.29 is 4.79 Å². The molecule has 2 fully saturated rings. The van der Waals surface area contributed by atoms with Crippen LogP contribution in [0.5, 0.6) is 0 Å². The van der Waals surface area contributed by atoms with Crippen molar-refractivity contribution in [3.05, 3.63) is 23.8 Å². The smallest absolute Gasteiger partial charge is 0.229 e. The summed E-state index contributed by atoms with van der Waals surface area (Å²) >= 11 is 3.67. The first-order valence-corrected chi connectivity index (χ1v) is 9.67. The first kappa shape index (κ1) is 14.3. The molecule has 0 radical (unpaired) electrons. The number of hydrogen-bond donors (Lipinski definition) is 0. The van der Waals surface area contributed by atoms with Gasteiger partial charge in [-0.3, -0.25) is 4.79 Å². The van der Waals surface area contributed by atoms with Crippen LogP contribution in [0.3, 0.4) is 0 Å². The molecule has 1 amide bonds. The van der Waals surface area contributed by atoms with E-state index >= 15 is 0 Å². The highest BCUT2D eigenvalue weighted by Gasteiger charge is 2.37. The fourth-order valence-electron chi connectivity index (χ4n) is 3.04. The molecule has 0 spiro atoms. The number of para-hydroxylation sites is 1. The van der Waals surface area contributed by atoms with Gasteiger partial charge in [0.1, 0.15) is 0 Å². The topological polar surface area (TPSA) is 36.4 Å². The van der Waals surface area contributed by atoms with Gasteiger partial charge < -0.3 is 9.80 Å². The van der Waals surface area contributed by atoms with Crippen molar-refractivity contribution in [2.75, 3.05) is 42.6 Å². The van der Waals surface area contributed by atoms with Crippen molar-refractivity contribution in [1.82, 2.24) is 9.88 Å². The second-order valence-electron chi connectivity index (χ2n) is 5.96. The molecule has 6 heteroatoms. The van der Waals surface area contributed by atoms with Gasteiger partial charge in [0.25, 0.3) is 0 Å². The lowest BCUT2D eigenvalue weighted by molar-refractivity contribution is -0.135. The number of aromatic nitrogens is 1. The molecule has 4 nitrogen and oxygen atoms in total. The minimum absolute atomic E-state index is 0.163. The lowest BCUT2D eigenvalue weighted by Gasteiger charge is -2.41. The number of carbonyl (C=O) groups is 1. The fraction of sp³-hybridized carbons (Fsp3) is 0.500. The van der Waals surface area contributed by atoms with Crippen LogP contribution in [0.2, 0.25) is 0 Å². The Morgan fingerprint density at radius 3 is 2.77 bits per heavy atom. The van der Waals surface area contributed by atoms with Crippen molar-refractivity contribution in [1.29, 1.82) is 0 Å². The summed E-state index contributed by atoms with van der Waals surface area (Å²) in [5.74, 6) is 2.67. The van der Waals surface area contributed by atoms with E-state index in [4.69, 9.17) is 4.98 Å². The molecule has 2 aliphatic heterocycles. The molecule has 2 saturated heterocycles. The van der Waals surface area contributed by atoms with Crippen LogP contribution >= 0.6 is 23.1 Å². The summed E-state index contributed by atoms with van der Waals surface area (Å²) in [5, 5.41) is 1.06. The van der Waals surface area contributed by atoms with Crippen molar-refractivity contribution in [2.45, 2.75) is 6.92 Å². The van der Waals surface area contributed by atoms with Gasteiger partial charge in [-0.1, -0.05) is 23.5 Å². The van der Waals surface area contributed by atoms with Gasteiger partial charge in [-0.15, -0.1) is 0 Å². The standard InChI is InChI=1S/C16H19N3OS2/c1-11-3-2-4-13-14(11)17-16(22-13)19-9-12(10-19)15(20)18-5-7-21-8-6-18/h2-4,12H,5-10H2,1H3. The minimum atomic E-state index is 0.163. The van der Waals surface area contributed by atoms with Gasteiger partial charge in [0.2, 0.25) is 5.91 Å². The van der Waals surface area contributed by atoms with Crippen molar-refractivity contribution in [3.8, 4) is 0 Å².